The summed E-state index contributed by atoms with van der Waals surface area (Å²) in [6.07, 6.45) is -0.273. The number of anilines is 1. The molecule has 1 amide bonds. The Kier molecular flexibility index (Phi) is 5.08. The maximum absolute atomic E-state index is 12.3. The number of nitrogens with two attached hydrogens (primary N) is 1. The van der Waals surface area contributed by atoms with E-state index < -0.39 is 22.3 Å². The van der Waals surface area contributed by atoms with Gasteiger partial charge in [-0.15, -0.1) is 0 Å². The van der Waals surface area contributed by atoms with Gasteiger partial charge in [-0.2, -0.15) is 0 Å². The van der Waals surface area contributed by atoms with Gasteiger partial charge >= 0.3 is 5.97 Å². The molecule has 8 heteroatoms. The van der Waals surface area contributed by atoms with E-state index in [2.05, 4.69) is 5.32 Å². The zero-order valence-electron chi connectivity index (χ0n) is 12.6. The van der Waals surface area contributed by atoms with Crippen LogP contribution in [0.25, 0.3) is 0 Å². The third kappa shape index (κ3) is 3.72. The molecule has 8 nitrogen and oxygen atoms in total. The van der Waals surface area contributed by atoms with Crippen molar-refractivity contribution < 1.29 is 19.6 Å². The van der Waals surface area contributed by atoms with Crippen molar-refractivity contribution in [3.8, 4) is 0 Å². The Morgan fingerprint density at radius 1 is 1.45 bits per heavy atom. The maximum atomic E-state index is 12.3. The fourth-order valence-corrected chi connectivity index (χ4v) is 1.94. The van der Waals surface area contributed by atoms with Crippen LogP contribution in [0.4, 0.5) is 11.4 Å². The van der Waals surface area contributed by atoms with E-state index in [1.54, 1.807) is 20.8 Å². The van der Waals surface area contributed by atoms with Crippen molar-refractivity contribution in [1.82, 2.24) is 5.32 Å². The quantitative estimate of drug-likeness (QED) is 0.416. The van der Waals surface area contributed by atoms with Crippen LogP contribution >= 0.6 is 0 Å². The predicted molar refractivity (Wildman–Crippen MR) is 80.5 cm³/mol. The van der Waals surface area contributed by atoms with Gasteiger partial charge in [-0.3, -0.25) is 19.7 Å². The number of benzene rings is 1. The SMILES string of the molecule is CC(C)C(C)(CC(=O)O)NC(=O)c1cccc([N+](=O)[O-])c1N. The van der Waals surface area contributed by atoms with Crippen LogP contribution in [-0.2, 0) is 4.79 Å². The van der Waals surface area contributed by atoms with E-state index in [1.165, 1.54) is 18.2 Å². The Labute approximate surface area is 127 Å². The van der Waals surface area contributed by atoms with Crippen molar-refractivity contribution in [3.05, 3.63) is 33.9 Å². The average Bonchev–Trinajstić information content (AvgIpc) is 2.36. The van der Waals surface area contributed by atoms with E-state index >= 15 is 0 Å². The average molecular weight is 309 g/mol. The summed E-state index contributed by atoms with van der Waals surface area (Å²) in [5.41, 5.74) is 4.01. The molecule has 0 radical (unpaired) electrons. The van der Waals surface area contributed by atoms with Crippen molar-refractivity contribution in [2.24, 2.45) is 5.92 Å². The fraction of sp³-hybridized carbons (Fsp3) is 0.429. The van der Waals surface area contributed by atoms with Crippen LogP contribution in [-0.4, -0.2) is 27.4 Å². The lowest BCUT2D eigenvalue weighted by atomic mass is 9.85. The molecule has 0 fully saturated rings. The summed E-state index contributed by atoms with van der Waals surface area (Å²) in [6, 6.07) is 3.91. The van der Waals surface area contributed by atoms with Gasteiger partial charge in [-0.1, -0.05) is 19.9 Å². The molecular formula is C14H19N3O5. The van der Waals surface area contributed by atoms with E-state index in [9.17, 15) is 19.7 Å². The van der Waals surface area contributed by atoms with Crippen molar-refractivity contribution >= 4 is 23.3 Å². The number of hydrogen-bond donors (Lipinski definition) is 3. The minimum atomic E-state index is -1.05. The highest BCUT2D eigenvalue weighted by Crippen LogP contribution is 2.27. The van der Waals surface area contributed by atoms with Gasteiger partial charge in [-0.25, -0.2) is 0 Å². The molecule has 120 valence electrons. The van der Waals surface area contributed by atoms with Crippen LogP contribution in [0.2, 0.25) is 0 Å². The van der Waals surface area contributed by atoms with Gasteiger partial charge < -0.3 is 16.2 Å². The summed E-state index contributed by atoms with van der Waals surface area (Å²) in [7, 11) is 0. The Bertz CT molecular complexity index is 614. The largest absolute Gasteiger partial charge is 0.481 e. The minimum absolute atomic E-state index is 0.0496. The maximum Gasteiger partial charge on any atom is 0.305 e. The second kappa shape index (κ2) is 6.42. The summed E-state index contributed by atoms with van der Waals surface area (Å²) in [6.45, 7) is 5.16. The number of aliphatic carboxylic acids is 1. The minimum Gasteiger partial charge on any atom is -0.481 e. The highest BCUT2D eigenvalue weighted by Gasteiger charge is 2.34. The number of carbonyl (C=O) groups is 2. The third-order valence-electron chi connectivity index (χ3n) is 3.72. The van der Waals surface area contributed by atoms with Crippen molar-refractivity contribution in [2.45, 2.75) is 32.7 Å². The number of nitrogens with one attached hydrogen (secondary N) is 1. The van der Waals surface area contributed by atoms with E-state index in [4.69, 9.17) is 10.8 Å². The molecule has 0 saturated carbocycles. The molecule has 0 aliphatic carbocycles. The van der Waals surface area contributed by atoms with Crippen molar-refractivity contribution in [1.29, 1.82) is 0 Å². The molecule has 0 aliphatic rings. The second-order valence-electron chi connectivity index (χ2n) is 5.59. The Morgan fingerprint density at radius 2 is 2.05 bits per heavy atom. The van der Waals surface area contributed by atoms with Crippen LogP contribution in [0.1, 0.15) is 37.6 Å². The number of hydrogen-bond acceptors (Lipinski definition) is 5. The molecule has 0 aromatic heterocycles. The molecule has 1 aromatic rings. The van der Waals surface area contributed by atoms with Crippen LogP contribution in [0.5, 0.6) is 0 Å². The number of nitrogen functional groups attached to an aromatic ring is 1. The topological polar surface area (TPSA) is 136 Å². The van der Waals surface area contributed by atoms with E-state index in [0.29, 0.717) is 0 Å². The zero-order valence-corrected chi connectivity index (χ0v) is 12.6. The molecule has 0 bridgehead atoms. The monoisotopic (exact) mass is 309 g/mol. The smallest absolute Gasteiger partial charge is 0.305 e. The Morgan fingerprint density at radius 3 is 2.50 bits per heavy atom. The molecular weight excluding hydrogens is 290 g/mol. The normalized spacial score (nSPS) is 13.5. The summed E-state index contributed by atoms with van der Waals surface area (Å²) in [5, 5.41) is 22.5. The number of rotatable bonds is 6. The van der Waals surface area contributed by atoms with Crippen LogP contribution < -0.4 is 11.1 Å². The number of carboxylic acids is 1. The van der Waals surface area contributed by atoms with Gasteiger partial charge in [0.1, 0.15) is 5.69 Å². The van der Waals surface area contributed by atoms with E-state index in [1.807, 2.05) is 0 Å². The van der Waals surface area contributed by atoms with Crippen LogP contribution in [0, 0.1) is 16.0 Å². The zero-order chi connectivity index (χ0) is 17.1. The molecule has 4 N–H and O–H groups in total. The predicted octanol–water partition coefficient (Wildman–Crippen LogP) is 1.80. The molecule has 1 rings (SSSR count). The highest BCUT2D eigenvalue weighted by atomic mass is 16.6. The highest BCUT2D eigenvalue weighted by molar-refractivity contribution is 6.01. The Balaban J connectivity index is 3.13. The molecule has 0 aliphatic heterocycles. The first-order valence-electron chi connectivity index (χ1n) is 6.65. The molecule has 0 spiro atoms. The molecule has 0 saturated heterocycles. The van der Waals surface area contributed by atoms with E-state index in [0.717, 1.165) is 0 Å². The third-order valence-corrected chi connectivity index (χ3v) is 3.72. The Hall–Kier alpha value is -2.64. The standard InChI is InChI=1S/C14H19N3O5/c1-8(2)14(3,7-11(18)19)16-13(20)9-5-4-6-10(12(9)15)17(21)22/h4-6,8H,7,15H2,1-3H3,(H,16,20)(H,18,19). The number of amides is 1. The molecule has 1 unspecified atom stereocenters. The number of para-hydroxylation sites is 1. The van der Waals surface area contributed by atoms with Gasteiger partial charge in [0.15, 0.2) is 0 Å². The summed E-state index contributed by atoms with van der Waals surface area (Å²) < 4.78 is 0. The number of nitro groups is 1. The second-order valence-corrected chi connectivity index (χ2v) is 5.59. The van der Waals surface area contributed by atoms with Gasteiger partial charge in [0, 0.05) is 6.07 Å². The fourth-order valence-electron chi connectivity index (χ4n) is 1.94. The summed E-state index contributed by atoms with van der Waals surface area (Å²) in [4.78, 5) is 33.5. The number of carboxylic acid groups (broad SMARTS) is 1. The van der Waals surface area contributed by atoms with Crippen molar-refractivity contribution in [3.63, 3.8) is 0 Å². The lowest BCUT2D eigenvalue weighted by Crippen LogP contribution is -2.51. The van der Waals surface area contributed by atoms with Gasteiger partial charge in [-0.05, 0) is 18.9 Å². The first kappa shape index (κ1) is 17.4. The molecule has 22 heavy (non-hydrogen) atoms. The molecule has 1 atom stereocenters. The first-order chi connectivity index (χ1) is 10.1. The van der Waals surface area contributed by atoms with E-state index in [-0.39, 0.29) is 29.3 Å². The lowest BCUT2D eigenvalue weighted by molar-refractivity contribution is -0.383. The lowest BCUT2D eigenvalue weighted by Gasteiger charge is -2.33. The molecule has 1 aromatic carbocycles. The van der Waals surface area contributed by atoms with Crippen LogP contribution in [0.3, 0.4) is 0 Å². The van der Waals surface area contributed by atoms with Gasteiger partial charge in [0.25, 0.3) is 11.6 Å². The summed E-state index contributed by atoms with van der Waals surface area (Å²) in [5.74, 6) is -1.85. The number of nitro benzene ring substituents is 1. The summed E-state index contributed by atoms with van der Waals surface area (Å²) >= 11 is 0. The van der Waals surface area contributed by atoms with Crippen LogP contribution in [0.15, 0.2) is 18.2 Å². The van der Waals surface area contributed by atoms with Gasteiger partial charge in [0.2, 0.25) is 0 Å². The van der Waals surface area contributed by atoms with Crippen molar-refractivity contribution in [2.75, 3.05) is 5.73 Å². The number of nitrogens with zero attached hydrogens (tertiary/aromatic N) is 1. The molecule has 0 heterocycles. The van der Waals surface area contributed by atoms with Gasteiger partial charge in [0.05, 0.1) is 22.4 Å². The first-order valence-corrected chi connectivity index (χ1v) is 6.65. The number of carbonyl (C=O) groups excluding carboxylic acids is 1.